The Kier molecular flexibility index (Phi) is 3.97. The van der Waals surface area contributed by atoms with Crippen molar-refractivity contribution in [1.82, 2.24) is 9.97 Å². The van der Waals surface area contributed by atoms with Gasteiger partial charge in [-0.15, -0.1) is 0 Å². The minimum Gasteiger partial charge on any atom is -0.486 e. The molecule has 0 atom stereocenters. The van der Waals surface area contributed by atoms with Crippen molar-refractivity contribution in [2.24, 2.45) is 0 Å². The first-order valence-corrected chi connectivity index (χ1v) is 7.22. The summed E-state index contributed by atoms with van der Waals surface area (Å²) < 4.78 is 13.1. The molecule has 2 heterocycles. The summed E-state index contributed by atoms with van der Waals surface area (Å²) in [5, 5.41) is 10.1. The molecule has 0 fully saturated rings. The third-order valence-electron chi connectivity index (χ3n) is 3.23. The number of hydrogen-bond acceptors (Lipinski definition) is 3. The molecule has 0 saturated heterocycles. The van der Waals surface area contributed by atoms with Crippen LogP contribution in [0.2, 0.25) is 5.02 Å². The zero-order chi connectivity index (χ0) is 16.6. The lowest BCUT2D eigenvalue weighted by Gasteiger charge is -2.19. The van der Waals surface area contributed by atoms with Crippen LogP contribution in [0.3, 0.4) is 0 Å². The van der Waals surface area contributed by atoms with E-state index in [0.717, 1.165) is 17.0 Å². The number of carbonyl (C=O) groups is 1. The maximum atomic E-state index is 13.1. The second kappa shape index (κ2) is 5.94. The number of fused-ring (bicyclic) bond motifs is 1. The Hall–Kier alpha value is -2.51. The van der Waals surface area contributed by atoms with E-state index in [4.69, 9.17) is 23.8 Å². The maximum absolute atomic E-state index is 13.1. The number of pyridine rings is 1. The standard InChI is InChI=1S/C15H9ClFN3O2S/c16-11-7-19-12-10(11)5-6-18-13(12)14(21)20(15(22)23)9-3-1-8(17)2-4-9/h1-7,19H,(H,22,23). The van der Waals surface area contributed by atoms with Gasteiger partial charge in [0.2, 0.25) is 0 Å². The van der Waals surface area contributed by atoms with Gasteiger partial charge < -0.3 is 10.1 Å². The fourth-order valence-corrected chi connectivity index (χ4v) is 2.59. The Morgan fingerprint density at radius 1 is 1.30 bits per heavy atom. The number of halogens is 2. The first-order valence-electron chi connectivity index (χ1n) is 6.43. The molecule has 2 aromatic heterocycles. The highest BCUT2D eigenvalue weighted by Gasteiger charge is 2.25. The Labute approximate surface area is 140 Å². The second-order valence-corrected chi connectivity index (χ2v) is 5.39. The van der Waals surface area contributed by atoms with E-state index in [9.17, 15) is 14.3 Å². The van der Waals surface area contributed by atoms with Gasteiger partial charge >= 0.3 is 0 Å². The van der Waals surface area contributed by atoms with Gasteiger partial charge in [-0.2, -0.15) is 0 Å². The number of nitrogens with zero attached hydrogens (tertiary/aromatic N) is 2. The summed E-state index contributed by atoms with van der Waals surface area (Å²) in [6.45, 7) is 0. The molecule has 0 saturated carbocycles. The lowest BCUT2D eigenvalue weighted by molar-refractivity contribution is 0.0996. The molecule has 3 aromatic rings. The summed E-state index contributed by atoms with van der Waals surface area (Å²) in [6, 6.07) is 6.64. The largest absolute Gasteiger partial charge is 0.486 e. The molecule has 23 heavy (non-hydrogen) atoms. The lowest BCUT2D eigenvalue weighted by Crippen LogP contribution is -2.36. The number of aromatic amines is 1. The topological polar surface area (TPSA) is 69.2 Å². The van der Waals surface area contributed by atoms with E-state index in [0.29, 0.717) is 15.9 Å². The van der Waals surface area contributed by atoms with E-state index in [-0.39, 0.29) is 11.4 Å². The minimum atomic E-state index is -0.668. The van der Waals surface area contributed by atoms with Gasteiger partial charge in [-0.25, -0.2) is 14.3 Å². The smallest absolute Gasteiger partial charge is 0.286 e. The molecule has 116 valence electrons. The van der Waals surface area contributed by atoms with E-state index in [1.54, 1.807) is 6.07 Å². The number of H-pyrrole nitrogens is 1. The third-order valence-corrected chi connectivity index (χ3v) is 3.73. The van der Waals surface area contributed by atoms with Crippen molar-refractivity contribution in [3.8, 4) is 0 Å². The van der Waals surface area contributed by atoms with E-state index >= 15 is 0 Å². The van der Waals surface area contributed by atoms with Crippen LogP contribution >= 0.6 is 23.8 Å². The summed E-state index contributed by atoms with van der Waals surface area (Å²) in [5.74, 6) is -1.13. The number of anilines is 1. The van der Waals surface area contributed by atoms with Gasteiger partial charge in [-0.05, 0) is 42.5 Å². The molecular formula is C15H9ClFN3O2S. The lowest BCUT2D eigenvalue weighted by atomic mass is 10.2. The molecule has 0 aliphatic carbocycles. The predicted octanol–water partition coefficient (Wildman–Crippen LogP) is 3.85. The molecule has 0 aliphatic heterocycles. The number of carbonyl (C=O) groups excluding carboxylic acids is 1. The molecule has 0 spiro atoms. The van der Waals surface area contributed by atoms with Crippen LogP contribution < -0.4 is 4.90 Å². The monoisotopic (exact) mass is 349 g/mol. The zero-order valence-corrected chi connectivity index (χ0v) is 13.0. The molecule has 1 amide bonds. The second-order valence-electron chi connectivity index (χ2n) is 4.62. The number of nitrogens with one attached hydrogen (secondary N) is 1. The Morgan fingerprint density at radius 3 is 2.65 bits per heavy atom. The Morgan fingerprint density at radius 2 is 2.00 bits per heavy atom. The average molecular weight is 350 g/mol. The van der Waals surface area contributed by atoms with Crippen LogP contribution in [0.4, 0.5) is 10.1 Å². The number of aliphatic hydroxyl groups is 1. The van der Waals surface area contributed by atoms with Gasteiger partial charge in [0.15, 0.2) is 5.69 Å². The average Bonchev–Trinajstić information content (AvgIpc) is 2.90. The molecule has 5 nitrogen and oxygen atoms in total. The summed E-state index contributed by atoms with van der Waals surface area (Å²) in [6.07, 6.45) is 2.96. The highest BCUT2D eigenvalue weighted by molar-refractivity contribution is 7.80. The van der Waals surface area contributed by atoms with Crippen molar-refractivity contribution in [3.63, 3.8) is 0 Å². The number of hydrogen-bond donors (Lipinski definition) is 2. The summed E-state index contributed by atoms with van der Waals surface area (Å²) >= 11 is 10.8. The molecule has 0 unspecified atom stereocenters. The summed E-state index contributed by atoms with van der Waals surface area (Å²) in [4.78, 5) is 20.5. The third kappa shape index (κ3) is 2.76. The van der Waals surface area contributed by atoms with Crippen molar-refractivity contribution >= 4 is 51.5 Å². The molecular weight excluding hydrogens is 341 g/mol. The van der Waals surface area contributed by atoms with Gasteiger partial charge in [-0.1, -0.05) is 11.6 Å². The van der Waals surface area contributed by atoms with Crippen LogP contribution in [-0.4, -0.2) is 26.2 Å². The quantitative estimate of drug-likeness (QED) is 0.690. The van der Waals surface area contributed by atoms with Crippen molar-refractivity contribution in [2.45, 2.75) is 0 Å². The van der Waals surface area contributed by atoms with Crippen LogP contribution in [0.15, 0.2) is 42.7 Å². The van der Waals surface area contributed by atoms with Crippen molar-refractivity contribution < 1.29 is 14.3 Å². The molecule has 0 bridgehead atoms. The minimum absolute atomic E-state index is 0.0372. The number of aromatic nitrogens is 2. The van der Waals surface area contributed by atoms with E-state index in [1.165, 1.54) is 24.5 Å². The van der Waals surface area contributed by atoms with Crippen LogP contribution in [0.5, 0.6) is 0 Å². The Balaban J connectivity index is 2.11. The maximum Gasteiger partial charge on any atom is 0.286 e. The number of rotatable bonds is 2. The highest BCUT2D eigenvalue weighted by atomic mass is 35.5. The van der Waals surface area contributed by atoms with Crippen LogP contribution in [0.25, 0.3) is 10.9 Å². The molecule has 0 radical (unpaired) electrons. The van der Waals surface area contributed by atoms with Crippen molar-refractivity contribution in [3.05, 3.63) is 59.3 Å². The molecule has 8 heteroatoms. The van der Waals surface area contributed by atoms with E-state index < -0.39 is 16.9 Å². The molecule has 2 N–H and O–H groups in total. The molecule has 3 rings (SSSR count). The van der Waals surface area contributed by atoms with Crippen LogP contribution in [-0.2, 0) is 0 Å². The fraction of sp³-hybridized carbons (Fsp3) is 0. The zero-order valence-electron chi connectivity index (χ0n) is 11.5. The normalized spacial score (nSPS) is 10.7. The predicted molar refractivity (Wildman–Crippen MR) is 89.5 cm³/mol. The van der Waals surface area contributed by atoms with Gasteiger partial charge in [0.25, 0.3) is 11.1 Å². The van der Waals surface area contributed by atoms with Gasteiger partial charge in [-0.3, -0.25) is 4.79 Å². The summed E-state index contributed by atoms with van der Waals surface area (Å²) in [5.41, 5.74) is 0.682. The van der Waals surface area contributed by atoms with Crippen LogP contribution in [0, 0.1) is 5.82 Å². The number of aliphatic hydroxyl groups excluding tert-OH is 1. The molecule has 0 aliphatic rings. The first-order chi connectivity index (χ1) is 11.0. The molecule has 1 aromatic carbocycles. The van der Waals surface area contributed by atoms with Gasteiger partial charge in [0.1, 0.15) is 5.82 Å². The SMILES string of the molecule is O=C(c1nccc2c(Cl)c[nH]c12)N(C(O)=S)c1ccc(F)cc1. The van der Waals surface area contributed by atoms with Crippen LogP contribution in [0.1, 0.15) is 10.5 Å². The first kappa shape index (κ1) is 15.4. The van der Waals surface area contributed by atoms with Gasteiger partial charge in [0, 0.05) is 17.8 Å². The fourth-order valence-electron chi connectivity index (χ4n) is 2.19. The number of amides is 1. The van der Waals surface area contributed by atoms with E-state index in [1.807, 2.05) is 0 Å². The van der Waals surface area contributed by atoms with Crippen molar-refractivity contribution in [2.75, 3.05) is 4.90 Å². The number of thiocarbonyl (C=S) groups is 1. The number of benzene rings is 1. The summed E-state index contributed by atoms with van der Waals surface area (Å²) in [7, 11) is 0. The van der Waals surface area contributed by atoms with Gasteiger partial charge in [0.05, 0.1) is 16.2 Å². The van der Waals surface area contributed by atoms with E-state index in [2.05, 4.69) is 9.97 Å². The Bertz CT molecular complexity index is 911. The van der Waals surface area contributed by atoms with Crippen molar-refractivity contribution in [1.29, 1.82) is 0 Å². The highest BCUT2D eigenvalue weighted by Crippen LogP contribution is 2.26.